The molecule has 3 heteroatoms. The maximum Gasteiger partial charge on any atom is 0.160 e. The van der Waals surface area contributed by atoms with Crippen molar-refractivity contribution in [3.8, 4) is 78.4 Å². The molecule has 0 fully saturated rings. The van der Waals surface area contributed by atoms with Crippen molar-refractivity contribution in [2.24, 2.45) is 0 Å². The van der Waals surface area contributed by atoms with Gasteiger partial charge in [0, 0.05) is 11.1 Å². The van der Waals surface area contributed by atoms with Crippen LogP contribution in [0.2, 0.25) is 13.1 Å². The number of aromatic nitrogens is 2. The summed E-state index contributed by atoms with van der Waals surface area (Å²) in [6.07, 6.45) is 0. The van der Waals surface area contributed by atoms with Crippen LogP contribution in [-0.2, 0) is 0 Å². The molecule has 0 amide bonds. The van der Waals surface area contributed by atoms with E-state index >= 15 is 0 Å². The van der Waals surface area contributed by atoms with Crippen molar-refractivity contribution < 1.29 is 0 Å². The lowest BCUT2D eigenvalue weighted by molar-refractivity contribution is 1.20. The predicted octanol–water partition coefficient (Wildman–Crippen LogP) is 11.3. The highest BCUT2D eigenvalue weighted by molar-refractivity contribution is 7.04. The van der Waals surface area contributed by atoms with Gasteiger partial charge in [-0.15, -0.1) is 0 Å². The van der Waals surface area contributed by atoms with Gasteiger partial charge in [0.1, 0.15) is 8.07 Å². The van der Waals surface area contributed by atoms with E-state index in [9.17, 15) is 0 Å². The standard InChI is InChI=1S/C48H36N2Si/c1-51(2)44-27-13-12-26-43(44)46-47(51)45(49-48(50-46)35-20-10-5-11-21-35)39-25-15-23-37(29-39)36-22-14-24-38(28-36)42-31-40(33-16-6-3-7-17-33)30-41(32-42)34-18-8-4-9-19-34/h3-32H,1-2H3. The second-order valence-electron chi connectivity index (χ2n) is 13.8. The Labute approximate surface area is 300 Å². The van der Waals surface area contributed by atoms with E-state index in [4.69, 9.17) is 9.97 Å². The molecule has 1 aliphatic heterocycles. The van der Waals surface area contributed by atoms with Crippen molar-refractivity contribution in [2.75, 3.05) is 0 Å². The smallest absolute Gasteiger partial charge is 0.160 e. The molecule has 9 rings (SSSR count). The van der Waals surface area contributed by atoms with Gasteiger partial charge in [-0.1, -0.05) is 165 Å². The van der Waals surface area contributed by atoms with Crippen LogP contribution in [0, 0.1) is 0 Å². The summed E-state index contributed by atoms with van der Waals surface area (Å²) in [4.78, 5) is 10.6. The third-order valence-electron chi connectivity index (χ3n) is 10.2. The largest absolute Gasteiger partial charge is 0.228 e. The first-order chi connectivity index (χ1) is 25.0. The van der Waals surface area contributed by atoms with Gasteiger partial charge in [-0.05, 0) is 90.8 Å². The minimum absolute atomic E-state index is 0.769. The molecule has 0 saturated heterocycles. The first-order valence-corrected chi connectivity index (χ1v) is 20.6. The van der Waals surface area contributed by atoms with E-state index < -0.39 is 8.07 Å². The number of hydrogen-bond acceptors (Lipinski definition) is 2. The van der Waals surface area contributed by atoms with Gasteiger partial charge >= 0.3 is 0 Å². The zero-order valence-corrected chi connectivity index (χ0v) is 29.7. The van der Waals surface area contributed by atoms with Gasteiger partial charge in [-0.25, -0.2) is 9.97 Å². The van der Waals surface area contributed by atoms with E-state index in [1.54, 1.807) is 0 Å². The Balaban J connectivity index is 1.17. The molecule has 0 atom stereocenters. The molecule has 1 aliphatic rings. The minimum Gasteiger partial charge on any atom is -0.228 e. The van der Waals surface area contributed by atoms with Gasteiger partial charge < -0.3 is 0 Å². The van der Waals surface area contributed by atoms with Gasteiger partial charge in [0.05, 0.1) is 11.4 Å². The Bertz CT molecular complexity index is 2480. The topological polar surface area (TPSA) is 25.8 Å². The SMILES string of the molecule is C[Si]1(C)c2ccccc2-c2nc(-c3ccccc3)nc(-c3cccc(-c4cccc(-c5cc(-c6ccccc6)cc(-c6ccccc6)c5)c4)c3)c21. The van der Waals surface area contributed by atoms with Gasteiger partial charge in [0.25, 0.3) is 0 Å². The zero-order chi connectivity index (χ0) is 34.4. The maximum atomic E-state index is 5.36. The molecule has 0 saturated carbocycles. The second-order valence-corrected chi connectivity index (χ2v) is 18.1. The van der Waals surface area contributed by atoms with Crippen LogP contribution in [0.25, 0.3) is 78.4 Å². The summed E-state index contributed by atoms with van der Waals surface area (Å²) >= 11 is 0. The van der Waals surface area contributed by atoms with Gasteiger partial charge in [0.15, 0.2) is 5.82 Å². The highest BCUT2D eigenvalue weighted by Crippen LogP contribution is 2.37. The third kappa shape index (κ3) is 5.62. The Hall–Kier alpha value is -6.16. The summed E-state index contributed by atoms with van der Waals surface area (Å²) < 4.78 is 0. The molecule has 0 bridgehead atoms. The van der Waals surface area contributed by atoms with E-state index in [0.717, 1.165) is 28.3 Å². The lowest BCUT2D eigenvalue weighted by Crippen LogP contribution is -2.50. The fourth-order valence-electron chi connectivity index (χ4n) is 7.66. The van der Waals surface area contributed by atoms with E-state index in [0.29, 0.717) is 0 Å². The molecule has 2 heterocycles. The van der Waals surface area contributed by atoms with Crippen LogP contribution in [0.15, 0.2) is 182 Å². The lowest BCUT2D eigenvalue weighted by atomic mass is 9.92. The minimum atomic E-state index is -2.07. The average molecular weight is 669 g/mol. The van der Waals surface area contributed by atoms with Gasteiger partial charge in [-0.3, -0.25) is 0 Å². The molecule has 2 nitrogen and oxygen atoms in total. The summed E-state index contributed by atoms with van der Waals surface area (Å²) in [5, 5.41) is 2.75. The Morgan fingerprint density at radius 2 is 0.725 bits per heavy atom. The monoisotopic (exact) mass is 668 g/mol. The molecule has 0 aliphatic carbocycles. The van der Waals surface area contributed by atoms with Gasteiger partial charge in [0.2, 0.25) is 0 Å². The lowest BCUT2D eigenvalue weighted by Gasteiger charge is -2.22. The number of benzene rings is 7. The third-order valence-corrected chi connectivity index (χ3v) is 13.7. The summed E-state index contributed by atoms with van der Waals surface area (Å²) in [5.41, 5.74) is 15.1. The maximum absolute atomic E-state index is 5.36. The van der Waals surface area contributed by atoms with Crippen LogP contribution < -0.4 is 10.4 Å². The molecule has 0 spiro atoms. The predicted molar refractivity (Wildman–Crippen MR) is 217 cm³/mol. The molecular weight excluding hydrogens is 633 g/mol. The van der Waals surface area contributed by atoms with Crippen LogP contribution in [0.1, 0.15) is 0 Å². The molecule has 0 radical (unpaired) electrons. The van der Waals surface area contributed by atoms with Crippen LogP contribution in [0.5, 0.6) is 0 Å². The first kappa shape index (κ1) is 30.9. The van der Waals surface area contributed by atoms with E-state index in [1.807, 2.05) is 6.07 Å². The highest BCUT2D eigenvalue weighted by Gasteiger charge is 2.41. The highest BCUT2D eigenvalue weighted by atomic mass is 28.3. The van der Waals surface area contributed by atoms with Crippen molar-refractivity contribution in [3.63, 3.8) is 0 Å². The van der Waals surface area contributed by atoms with Crippen molar-refractivity contribution in [2.45, 2.75) is 13.1 Å². The average Bonchev–Trinajstić information content (AvgIpc) is 3.44. The number of hydrogen-bond donors (Lipinski definition) is 0. The van der Waals surface area contributed by atoms with Crippen LogP contribution in [-0.4, -0.2) is 18.0 Å². The molecule has 8 aromatic rings. The van der Waals surface area contributed by atoms with Crippen molar-refractivity contribution >= 4 is 18.4 Å². The molecule has 1 aromatic heterocycles. The molecule has 242 valence electrons. The van der Waals surface area contributed by atoms with Crippen molar-refractivity contribution in [1.82, 2.24) is 9.97 Å². The normalized spacial score (nSPS) is 12.7. The number of fused-ring (bicyclic) bond motifs is 3. The van der Waals surface area contributed by atoms with E-state index in [-0.39, 0.29) is 0 Å². The number of nitrogens with zero attached hydrogens (tertiary/aromatic N) is 2. The molecule has 51 heavy (non-hydrogen) atoms. The number of rotatable bonds is 6. The Kier molecular flexibility index (Phi) is 7.64. The Morgan fingerprint density at radius 1 is 0.333 bits per heavy atom. The van der Waals surface area contributed by atoms with Gasteiger partial charge in [-0.2, -0.15) is 0 Å². The molecule has 7 aromatic carbocycles. The fourth-order valence-corrected chi connectivity index (χ4v) is 10.9. The van der Waals surface area contributed by atoms with Crippen LogP contribution in [0.3, 0.4) is 0 Å². The molecular formula is C48H36N2Si. The van der Waals surface area contributed by atoms with Crippen molar-refractivity contribution in [1.29, 1.82) is 0 Å². The first-order valence-electron chi connectivity index (χ1n) is 17.6. The van der Waals surface area contributed by atoms with Crippen LogP contribution in [0.4, 0.5) is 0 Å². The Morgan fingerprint density at radius 3 is 1.31 bits per heavy atom. The fraction of sp³-hybridized carbons (Fsp3) is 0.0417. The van der Waals surface area contributed by atoms with Crippen LogP contribution >= 0.6 is 0 Å². The zero-order valence-electron chi connectivity index (χ0n) is 28.7. The second kappa shape index (κ2) is 12.6. The molecule has 0 unspecified atom stereocenters. The summed E-state index contributed by atoms with van der Waals surface area (Å²) in [7, 11) is -2.07. The molecule has 0 N–H and O–H groups in total. The van der Waals surface area contributed by atoms with Crippen molar-refractivity contribution in [3.05, 3.63) is 182 Å². The summed E-state index contributed by atoms with van der Waals surface area (Å²) in [6, 6.07) is 65.3. The summed E-state index contributed by atoms with van der Waals surface area (Å²) in [5.74, 6) is 0.769. The van der Waals surface area contributed by atoms with E-state index in [1.165, 1.54) is 60.4 Å². The quantitative estimate of drug-likeness (QED) is 0.165. The van der Waals surface area contributed by atoms with E-state index in [2.05, 4.69) is 189 Å². The summed E-state index contributed by atoms with van der Waals surface area (Å²) in [6.45, 7) is 4.88.